The second kappa shape index (κ2) is 7.23. The molecule has 0 spiro atoms. The molecule has 1 N–H and O–H groups in total. The first-order valence-electron chi connectivity index (χ1n) is 4.86. The van der Waals surface area contributed by atoms with Gasteiger partial charge in [0.25, 0.3) is 0 Å². The molecule has 1 atom stereocenters. The van der Waals surface area contributed by atoms with Crippen LogP contribution in [0.3, 0.4) is 0 Å². The van der Waals surface area contributed by atoms with Gasteiger partial charge in [-0.3, -0.25) is 0 Å². The maximum absolute atomic E-state index is 8.87. The van der Waals surface area contributed by atoms with Crippen LogP contribution in [0.2, 0.25) is 0 Å². The smallest absolute Gasteiger partial charge is 0.103 e. The summed E-state index contributed by atoms with van der Waals surface area (Å²) < 4.78 is 0. The zero-order chi connectivity index (χ0) is 10.2. The summed E-state index contributed by atoms with van der Waals surface area (Å²) in [6.45, 7) is 4.14. The maximum atomic E-state index is 8.87. The summed E-state index contributed by atoms with van der Waals surface area (Å²) in [5.41, 5.74) is -0.323. The zero-order valence-corrected chi connectivity index (χ0v) is 9.71. The molecule has 0 rings (SSSR count). The van der Waals surface area contributed by atoms with Gasteiger partial charge in [-0.15, -0.1) is 0 Å². The van der Waals surface area contributed by atoms with Crippen LogP contribution in [0.1, 0.15) is 33.1 Å². The molecule has 1 unspecified atom stereocenters. The summed E-state index contributed by atoms with van der Waals surface area (Å²) >= 11 is 1.97. The van der Waals surface area contributed by atoms with Gasteiger partial charge in [0.05, 0.1) is 6.07 Å². The second-order valence-corrected chi connectivity index (χ2v) is 4.74. The van der Waals surface area contributed by atoms with Gasteiger partial charge in [0, 0.05) is 0 Å². The largest absolute Gasteiger partial charge is 0.303 e. The number of nitrogens with zero attached hydrogens (tertiary/aromatic N) is 1. The van der Waals surface area contributed by atoms with Crippen molar-refractivity contribution in [1.82, 2.24) is 5.32 Å². The fraction of sp³-hybridized carbons (Fsp3) is 0.900. The third-order valence-electron chi connectivity index (χ3n) is 2.22. The lowest BCUT2D eigenvalue weighted by atomic mass is 9.97. The SMILES string of the molecule is CCSCCCCC(C)(C#N)NC. The van der Waals surface area contributed by atoms with E-state index in [9.17, 15) is 0 Å². The van der Waals surface area contributed by atoms with E-state index < -0.39 is 0 Å². The highest BCUT2D eigenvalue weighted by molar-refractivity contribution is 7.99. The van der Waals surface area contributed by atoms with Gasteiger partial charge in [-0.05, 0) is 44.7 Å². The van der Waals surface area contributed by atoms with E-state index in [1.165, 1.54) is 17.9 Å². The van der Waals surface area contributed by atoms with Gasteiger partial charge >= 0.3 is 0 Å². The Hall–Kier alpha value is -0.200. The fourth-order valence-electron chi connectivity index (χ4n) is 1.06. The van der Waals surface area contributed by atoms with Gasteiger partial charge in [-0.25, -0.2) is 0 Å². The Labute approximate surface area is 86.1 Å². The minimum absolute atomic E-state index is 0.323. The van der Waals surface area contributed by atoms with Crippen molar-refractivity contribution in [3.63, 3.8) is 0 Å². The van der Waals surface area contributed by atoms with Crippen LogP contribution in [-0.2, 0) is 0 Å². The molecule has 76 valence electrons. The molecule has 0 aromatic carbocycles. The molecular formula is C10H20N2S. The number of rotatable bonds is 7. The summed E-state index contributed by atoms with van der Waals surface area (Å²) in [6, 6.07) is 2.30. The first-order valence-corrected chi connectivity index (χ1v) is 6.02. The van der Waals surface area contributed by atoms with E-state index in [-0.39, 0.29) is 5.54 Å². The number of thioether (sulfide) groups is 1. The molecule has 0 fully saturated rings. The van der Waals surface area contributed by atoms with Crippen molar-refractivity contribution in [3.05, 3.63) is 0 Å². The third kappa shape index (κ3) is 5.95. The average molecular weight is 200 g/mol. The van der Waals surface area contributed by atoms with Crippen LogP contribution in [0.25, 0.3) is 0 Å². The Morgan fingerprint density at radius 2 is 2.15 bits per heavy atom. The van der Waals surface area contributed by atoms with Gasteiger partial charge in [-0.1, -0.05) is 6.92 Å². The van der Waals surface area contributed by atoms with E-state index in [0.29, 0.717) is 0 Å². The maximum Gasteiger partial charge on any atom is 0.103 e. The van der Waals surface area contributed by atoms with Crippen LogP contribution in [0, 0.1) is 11.3 Å². The van der Waals surface area contributed by atoms with Crippen LogP contribution in [-0.4, -0.2) is 24.1 Å². The van der Waals surface area contributed by atoms with Gasteiger partial charge < -0.3 is 5.32 Å². The summed E-state index contributed by atoms with van der Waals surface area (Å²) in [5, 5.41) is 11.9. The fourth-order valence-corrected chi connectivity index (χ4v) is 1.76. The zero-order valence-electron chi connectivity index (χ0n) is 8.89. The van der Waals surface area contributed by atoms with Crippen LogP contribution in [0.15, 0.2) is 0 Å². The number of nitrogens with one attached hydrogen (secondary N) is 1. The molecule has 0 amide bonds. The van der Waals surface area contributed by atoms with Crippen molar-refractivity contribution < 1.29 is 0 Å². The van der Waals surface area contributed by atoms with Crippen molar-refractivity contribution in [2.24, 2.45) is 0 Å². The molecule has 13 heavy (non-hydrogen) atoms. The minimum atomic E-state index is -0.323. The highest BCUT2D eigenvalue weighted by Crippen LogP contribution is 2.13. The van der Waals surface area contributed by atoms with E-state index >= 15 is 0 Å². The van der Waals surface area contributed by atoms with Crippen LogP contribution in [0.5, 0.6) is 0 Å². The molecule has 0 aliphatic rings. The number of unbranched alkanes of at least 4 members (excludes halogenated alkanes) is 1. The number of hydrogen-bond acceptors (Lipinski definition) is 3. The predicted octanol–water partition coefficient (Wildman–Crippen LogP) is 2.41. The first-order chi connectivity index (χ1) is 6.18. The first kappa shape index (κ1) is 12.8. The standard InChI is InChI=1S/C10H20N2S/c1-4-13-8-6-5-7-10(2,9-11)12-3/h12H,4-8H2,1-3H3. The molecule has 3 heteroatoms. The van der Waals surface area contributed by atoms with Crippen molar-refractivity contribution in [2.45, 2.75) is 38.6 Å². The Morgan fingerprint density at radius 3 is 2.62 bits per heavy atom. The molecular weight excluding hydrogens is 180 g/mol. The highest BCUT2D eigenvalue weighted by Gasteiger charge is 2.19. The molecule has 0 bridgehead atoms. The highest BCUT2D eigenvalue weighted by atomic mass is 32.2. The summed E-state index contributed by atoms with van der Waals surface area (Å²) in [6.07, 6.45) is 3.31. The summed E-state index contributed by atoms with van der Waals surface area (Å²) in [7, 11) is 1.85. The molecule has 0 saturated carbocycles. The molecule has 0 aliphatic carbocycles. The number of nitriles is 1. The molecule has 0 radical (unpaired) electrons. The molecule has 0 aromatic rings. The topological polar surface area (TPSA) is 35.8 Å². The van der Waals surface area contributed by atoms with Crippen molar-refractivity contribution in [3.8, 4) is 6.07 Å². The van der Waals surface area contributed by atoms with E-state index in [1.54, 1.807) is 0 Å². The van der Waals surface area contributed by atoms with E-state index in [4.69, 9.17) is 5.26 Å². The van der Waals surface area contributed by atoms with Crippen LogP contribution >= 0.6 is 11.8 Å². The number of hydrogen-bond donors (Lipinski definition) is 1. The van der Waals surface area contributed by atoms with Gasteiger partial charge in [0.2, 0.25) is 0 Å². The normalized spacial score (nSPS) is 14.9. The van der Waals surface area contributed by atoms with E-state index in [1.807, 2.05) is 25.7 Å². The van der Waals surface area contributed by atoms with Crippen molar-refractivity contribution in [2.75, 3.05) is 18.6 Å². The molecule has 0 aliphatic heterocycles. The van der Waals surface area contributed by atoms with Gasteiger partial charge in [-0.2, -0.15) is 17.0 Å². The molecule has 2 nitrogen and oxygen atoms in total. The van der Waals surface area contributed by atoms with Crippen molar-refractivity contribution in [1.29, 1.82) is 5.26 Å². The monoisotopic (exact) mass is 200 g/mol. The van der Waals surface area contributed by atoms with E-state index in [0.717, 1.165) is 12.8 Å². The Bertz CT molecular complexity index is 165. The van der Waals surface area contributed by atoms with Crippen molar-refractivity contribution >= 4 is 11.8 Å². The van der Waals surface area contributed by atoms with Gasteiger partial charge in [0.1, 0.15) is 5.54 Å². The molecule has 0 saturated heterocycles. The Balaban J connectivity index is 3.46. The lowest BCUT2D eigenvalue weighted by Gasteiger charge is -2.20. The second-order valence-electron chi connectivity index (χ2n) is 3.35. The summed E-state index contributed by atoms with van der Waals surface area (Å²) in [4.78, 5) is 0. The Morgan fingerprint density at radius 1 is 1.46 bits per heavy atom. The predicted molar refractivity (Wildman–Crippen MR) is 59.9 cm³/mol. The van der Waals surface area contributed by atoms with Gasteiger partial charge in [0.15, 0.2) is 0 Å². The summed E-state index contributed by atoms with van der Waals surface area (Å²) in [5.74, 6) is 2.42. The Kier molecular flexibility index (Phi) is 7.12. The quantitative estimate of drug-likeness (QED) is 0.641. The molecule has 0 heterocycles. The average Bonchev–Trinajstić information content (AvgIpc) is 2.17. The lowest BCUT2D eigenvalue weighted by molar-refractivity contribution is 0.439. The van der Waals surface area contributed by atoms with Crippen LogP contribution in [0.4, 0.5) is 0 Å². The molecule has 0 aromatic heterocycles. The van der Waals surface area contributed by atoms with E-state index in [2.05, 4.69) is 18.3 Å². The third-order valence-corrected chi connectivity index (χ3v) is 3.20. The lowest BCUT2D eigenvalue weighted by Crippen LogP contribution is -2.37. The minimum Gasteiger partial charge on any atom is -0.303 e. The van der Waals surface area contributed by atoms with Crippen LogP contribution < -0.4 is 5.32 Å².